The second kappa shape index (κ2) is 8.97. The number of ether oxygens (including phenoxy) is 1. The van der Waals surface area contributed by atoms with E-state index in [4.69, 9.17) is 4.74 Å². The molecule has 0 spiro atoms. The number of rotatable bonds is 8. The third kappa shape index (κ3) is 5.51. The van der Waals surface area contributed by atoms with Crippen molar-refractivity contribution in [1.29, 1.82) is 0 Å². The van der Waals surface area contributed by atoms with Gasteiger partial charge in [-0.2, -0.15) is 0 Å². The number of carbonyl (C=O) groups is 1. The van der Waals surface area contributed by atoms with Gasteiger partial charge in [0, 0.05) is 29.5 Å². The molecule has 4 nitrogen and oxygen atoms in total. The summed E-state index contributed by atoms with van der Waals surface area (Å²) in [7, 11) is 1.65. The minimum absolute atomic E-state index is 0.0454. The van der Waals surface area contributed by atoms with Crippen LogP contribution in [0.2, 0.25) is 0 Å². The average Bonchev–Trinajstić information content (AvgIpc) is 2.43. The highest BCUT2D eigenvalue weighted by atomic mass is 79.9. The molecule has 1 atom stereocenters. The van der Waals surface area contributed by atoms with Gasteiger partial charge in [0.25, 0.3) is 0 Å². The van der Waals surface area contributed by atoms with Gasteiger partial charge in [-0.25, -0.2) is 0 Å². The normalized spacial score (nSPS) is 12.0. The molecule has 1 aromatic carbocycles. The Hall–Kier alpha value is -1.07. The first-order valence-corrected chi connectivity index (χ1v) is 7.74. The number of amides is 1. The largest absolute Gasteiger partial charge is 0.493 e. The fourth-order valence-electron chi connectivity index (χ4n) is 1.95. The lowest BCUT2D eigenvalue weighted by atomic mass is 10.1. The van der Waals surface area contributed by atoms with Crippen molar-refractivity contribution in [3.05, 3.63) is 28.2 Å². The zero-order chi connectivity index (χ0) is 15.0. The van der Waals surface area contributed by atoms with E-state index in [0.29, 0.717) is 19.4 Å². The fourth-order valence-corrected chi connectivity index (χ4v) is 2.29. The van der Waals surface area contributed by atoms with Crippen LogP contribution in [0.15, 0.2) is 22.7 Å². The average molecular weight is 343 g/mol. The van der Waals surface area contributed by atoms with Gasteiger partial charge in [0.1, 0.15) is 5.75 Å². The van der Waals surface area contributed by atoms with Gasteiger partial charge in [-0.15, -0.1) is 0 Å². The number of hydrogen-bond acceptors (Lipinski definition) is 3. The first kappa shape index (κ1) is 17.0. The smallest absolute Gasteiger partial charge is 0.219 e. The molecule has 0 aliphatic heterocycles. The van der Waals surface area contributed by atoms with E-state index in [2.05, 4.69) is 46.5 Å². The Kier molecular flexibility index (Phi) is 7.62. The minimum Gasteiger partial charge on any atom is -0.493 e. The topological polar surface area (TPSA) is 50.4 Å². The third-order valence-electron chi connectivity index (χ3n) is 3.04. The summed E-state index contributed by atoms with van der Waals surface area (Å²) in [6, 6.07) is 6.29. The summed E-state index contributed by atoms with van der Waals surface area (Å²) in [5.74, 6) is 0.911. The molecule has 2 N–H and O–H groups in total. The van der Waals surface area contributed by atoms with Crippen molar-refractivity contribution >= 4 is 21.8 Å². The predicted octanol–water partition coefficient (Wildman–Crippen LogP) is 3.02. The molecule has 0 saturated carbocycles. The zero-order valence-electron chi connectivity index (χ0n) is 12.3. The molecule has 1 rings (SSSR count). The molecule has 0 radical (unpaired) electrons. The van der Waals surface area contributed by atoms with Crippen LogP contribution in [0.1, 0.15) is 38.3 Å². The molecule has 0 aliphatic carbocycles. The Morgan fingerprint density at radius 1 is 1.45 bits per heavy atom. The summed E-state index contributed by atoms with van der Waals surface area (Å²) in [5.41, 5.74) is 1.13. The maximum atomic E-state index is 11.2. The Bertz CT molecular complexity index is 438. The van der Waals surface area contributed by atoms with Gasteiger partial charge in [-0.3, -0.25) is 4.79 Å². The maximum Gasteiger partial charge on any atom is 0.219 e. The van der Waals surface area contributed by atoms with Crippen LogP contribution in [0.4, 0.5) is 0 Å². The third-order valence-corrected chi connectivity index (χ3v) is 3.53. The van der Waals surface area contributed by atoms with E-state index in [1.54, 1.807) is 7.05 Å². The van der Waals surface area contributed by atoms with Crippen molar-refractivity contribution in [3.8, 4) is 5.75 Å². The molecular weight excluding hydrogens is 320 g/mol. The van der Waals surface area contributed by atoms with Crippen LogP contribution in [0.25, 0.3) is 0 Å². The highest BCUT2D eigenvalue weighted by molar-refractivity contribution is 9.10. The van der Waals surface area contributed by atoms with Crippen molar-refractivity contribution in [1.82, 2.24) is 10.6 Å². The second-order valence-corrected chi connectivity index (χ2v) is 5.50. The van der Waals surface area contributed by atoms with E-state index in [0.717, 1.165) is 22.3 Å². The molecule has 0 aromatic heterocycles. The van der Waals surface area contributed by atoms with Gasteiger partial charge in [0.15, 0.2) is 0 Å². The van der Waals surface area contributed by atoms with Gasteiger partial charge in [0.05, 0.1) is 6.61 Å². The van der Waals surface area contributed by atoms with E-state index in [1.165, 1.54) is 0 Å². The van der Waals surface area contributed by atoms with Crippen LogP contribution in [0, 0.1) is 0 Å². The van der Waals surface area contributed by atoms with Crippen molar-refractivity contribution < 1.29 is 9.53 Å². The summed E-state index contributed by atoms with van der Waals surface area (Å²) in [5, 5.41) is 5.99. The second-order valence-electron chi connectivity index (χ2n) is 4.59. The molecule has 112 valence electrons. The number of hydrogen-bond donors (Lipinski definition) is 2. The van der Waals surface area contributed by atoms with E-state index in [1.807, 2.05) is 12.1 Å². The van der Waals surface area contributed by atoms with Gasteiger partial charge in [-0.1, -0.05) is 28.9 Å². The van der Waals surface area contributed by atoms with E-state index < -0.39 is 0 Å². The lowest BCUT2D eigenvalue weighted by molar-refractivity contribution is -0.120. The van der Waals surface area contributed by atoms with Gasteiger partial charge >= 0.3 is 0 Å². The fraction of sp³-hybridized carbons (Fsp3) is 0.533. The molecule has 0 saturated heterocycles. The first-order valence-electron chi connectivity index (χ1n) is 6.94. The van der Waals surface area contributed by atoms with Crippen molar-refractivity contribution in [3.63, 3.8) is 0 Å². The van der Waals surface area contributed by atoms with Crippen molar-refractivity contribution in [2.24, 2.45) is 0 Å². The summed E-state index contributed by atoms with van der Waals surface area (Å²) >= 11 is 3.46. The highest BCUT2D eigenvalue weighted by Crippen LogP contribution is 2.28. The first-order chi connectivity index (χ1) is 9.58. The molecule has 20 heavy (non-hydrogen) atoms. The summed E-state index contributed by atoms with van der Waals surface area (Å²) in [4.78, 5) is 11.2. The number of halogens is 1. The molecule has 0 heterocycles. The van der Waals surface area contributed by atoms with E-state index in [9.17, 15) is 4.79 Å². The van der Waals surface area contributed by atoms with Crippen LogP contribution in [0.5, 0.6) is 5.75 Å². The monoisotopic (exact) mass is 342 g/mol. The zero-order valence-corrected chi connectivity index (χ0v) is 13.9. The SMILES string of the molecule is CCNC(C)c1ccc(Br)cc1OCCCC(=O)NC. The molecule has 1 amide bonds. The van der Waals surface area contributed by atoms with Crippen LogP contribution in [-0.4, -0.2) is 26.1 Å². The maximum absolute atomic E-state index is 11.2. The molecule has 0 bridgehead atoms. The van der Waals surface area contributed by atoms with Crippen LogP contribution >= 0.6 is 15.9 Å². The molecular formula is C15H23BrN2O2. The Labute approximate surface area is 129 Å². The lowest BCUT2D eigenvalue weighted by Gasteiger charge is -2.18. The van der Waals surface area contributed by atoms with Crippen LogP contribution < -0.4 is 15.4 Å². The highest BCUT2D eigenvalue weighted by Gasteiger charge is 2.11. The van der Waals surface area contributed by atoms with Gasteiger partial charge < -0.3 is 15.4 Å². The van der Waals surface area contributed by atoms with E-state index >= 15 is 0 Å². The minimum atomic E-state index is 0.0454. The van der Waals surface area contributed by atoms with Crippen molar-refractivity contribution in [2.45, 2.75) is 32.7 Å². The summed E-state index contributed by atoms with van der Waals surface area (Å²) in [6.45, 7) is 5.65. The lowest BCUT2D eigenvalue weighted by Crippen LogP contribution is -2.19. The van der Waals surface area contributed by atoms with Crippen LogP contribution in [0.3, 0.4) is 0 Å². The number of benzene rings is 1. The van der Waals surface area contributed by atoms with Crippen LogP contribution in [-0.2, 0) is 4.79 Å². The molecule has 1 aromatic rings. The quantitative estimate of drug-likeness (QED) is 0.714. The molecule has 5 heteroatoms. The van der Waals surface area contributed by atoms with Crippen molar-refractivity contribution in [2.75, 3.05) is 20.2 Å². The molecule has 0 fully saturated rings. The Morgan fingerprint density at radius 3 is 2.85 bits per heavy atom. The molecule has 0 aliphatic rings. The Morgan fingerprint density at radius 2 is 2.20 bits per heavy atom. The predicted molar refractivity (Wildman–Crippen MR) is 85.0 cm³/mol. The molecule has 1 unspecified atom stereocenters. The standard InChI is InChI=1S/C15H23BrN2O2/c1-4-18-11(2)13-8-7-12(16)10-14(13)20-9-5-6-15(19)17-3/h7-8,10-11,18H,4-6,9H2,1-3H3,(H,17,19). The Balaban J connectivity index is 2.62. The summed E-state index contributed by atoms with van der Waals surface area (Å²) in [6.07, 6.45) is 1.20. The van der Waals surface area contributed by atoms with Gasteiger partial charge in [0.2, 0.25) is 5.91 Å². The van der Waals surface area contributed by atoms with Gasteiger partial charge in [-0.05, 0) is 32.0 Å². The summed E-state index contributed by atoms with van der Waals surface area (Å²) < 4.78 is 6.82. The van der Waals surface area contributed by atoms with E-state index in [-0.39, 0.29) is 11.9 Å². The number of nitrogens with one attached hydrogen (secondary N) is 2. The number of carbonyl (C=O) groups excluding carboxylic acids is 1.